The van der Waals surface area contributed by atoms with Gasteiger partial charge in [-0.15, -0.1) is 0 Å². The summed E-state index contributed by atoms with van der Waals surface area (Å²) in [5.74, 6) is 0.825. The maximum Gasteiger partial charge on any atom is 0.125 e. The summed E-state index contributed by atoms with van der Waals surface area (Å²) in [7, 11) is 0. The van der Waals surface area contributed by atoms with Crippen molar-refractivity contribution in [3.05, 3.63) is 24.3 Å². The van der Waals surface area contributed by atoms with Gasteiger partial charge in [0.15, 0.2) is 0 Å². The van der Waals surface area contributed by atoms with Crippen LogP contribution in [0.3, 0.4) is 0 Å². The van der Waals surface area contributed by atoms with Crippen LogP contribution < -0.4 is 9.46 Å². The Morgan fingerprint density at radius 2 is 1.46 bits per heavy atom. The van der Waals surface area contributed by atoms with Crippen LogP contribution >= 0.6 is 11.9 Å². The van der Waals surface area contributed by atoms with Gasteiger partial charge in [-0.1, -0.05) is 25.8 Å². The van der Waals surface area contributed by atoms with Gasteiger partial charge in [0.05, 0.1) is 33.0 Å². The van der Waals surface area contributed by atoms with Crippen LogP contribution in [0.15, 0.2) is 24.3 Å². The van der Waals surface area contributed by atoms with Crippen LogP contribution in [0.2, 0.25) is 0 Å². The number of nitrogens with one attached hydrogen (secondary N) is 1. The first-order chi connectivity index (χ1) is 12.6. The molecule has 0 spiro atoms. The molecule has 1 aromatic carbocycles. The highest BCUT2D eigenvalue weighted by Gasteiger charge is 2.15. The van der Waals surface area contributed by atoms with Crippen LogP contribution in [0, 0.1) is 5.41 Å². The van der Waals surface area contributed by atoms with Crippen molar-refractivity contribution < 1.29 is 23.7 Å². The molecule has 1 aromatic rings. The van der Waals surface area contributed by atoms with E-state index in [2.05, 4.69) is 4.72 Å². The lowest BCUT2D eigenvalue weighted by Gasteiger charge is -2.16. The smallest absolute Gasteiger partial charge is 0.125 e. The van der Waals surface area contributed by atoms with Crippen LogP contribution in [0.4, 0.5) is 5.69 Å². The van der Waals surface area contributed by atoms with Crippen LogP contribution in [0.5, 0.6) is 5.75 Å². The van der Waals surface area contributed by atoms with Crippen LogP contribution in [-0.4, -0.2) is 58.8 Å². The first kappa shape index (κ1) is 22.8. The quantitative estimate of drug-likeness (QED) is 0.266. The van der Waals surface area contributed by atoms with Crippen molar-refractivity contribution >= 4 is 23.9 Å². The van der Waals surface area contributed by atoms with E-state index in [1.807, 2.05) is 44.4 Å². The van der Waals surface area contributed by atoms with E-state index in [0.717, 1.165) is 24.1 Å². The van der Waals surface area contributed by atoms with Crippen molar-refractivity contribution in [1.29, 1.82) is 0 Å². The topological polar surface area (TPSA) is 66.0 Å². The number of hydrogen-bond donors (Lipinski definition) is 1. The Balaban J connectivity index is 1.88. The maximum atomic E-state index is 10.8. The molecule has 0 aliphatic carbocycles. The zero-order valence-corrected chi connectivity index (χ0v) is 16.8. The van der Waals surface area contributed by atoms with Gasteiger partial charge in [-0.05, 0) is 30.7 Å². The summed E-state index contributed by atoms with van der Waals surface area (Å²) in [6, 6.07) is 7.81. The lowest BCUT2D eigenvalue weighted by Crippen LogP contribution is -2.17. The molecular formula is C19H31NO5S. The van der Waals surface area contributed by atoms with Gasteiger partial charge in [-0.25, -0.2) is 0 Å². The molecule has 0 aromatic heterocycles. The number of benzene rings is 1. The second-order valence-electron chi connectivity index (χ2n) is 6.37. The average molecular weight is 386 g/mol. The van der Waals surface area contributed by atoms with Crippen molar-refractivity contribution in [3.63, 3.8) is 0 Å². The Morgan fingerprint density at radius 1 is 0.923 bits per heavy atom. The van der Waals surface area contributed by atoms with E-state index in [0.29, 0.717) is 46.2 Å². The molecule has 0 unspecified atom stereocenters. The molecule has 0 fully saturated rings. The fraction of sp³-hybridized carbons (Fsp3) is 0.632. The monoisotopic (exact) mass is 385 g/mol. The number of aldehydes is 1. The van der Waals surface area contributed by atoms with Gasteiger partial charge in [-0.2, -0.15) is 0 Å². The molecule has 0 aliphatic rings. The van der Waals surface area contributed by atoms with Crippen molar-refractivity contribution in [2.75, 3.05) is 57.2 Å². The molecule has 6 nitrogen and oxygen atoms in total. The molecule has 0 heterocycles. The number of rotatable bonds is 16. The molecule has 1 N–H and O–H groups in total. The van der Waals surface area contributed by atoms with Crippen LogP contribution in [-0.2, 0) is 19.0 Å². The Bertz CT molecular complexity index is 481. The molecule has 0 amide bonds. The fourth-order valence-electron chi connectivity index (χ4n) is 1.89. The third-order valence-corrected chi connectivity index (χ3v) is 3.96. The predicted octanol–water partition coefficient (Wildman–Crippen LogP) is 3.42. The van der Waals surface area contributed by atoms with E-state index in [9.17, 15) is 4.79 Å². The summed E-state index contributed by atoms with van der Waals surface area (Å²) in [6.07, 6.45) is 3.66. The van der Waals surface area contributed by atoms with Gasteiger partial charge < -0.3 is 28.5 Å². The fourth-order valence-corrected chi connectivity index (χ4v) is 2.26. The standard InChI is InChI=1S/C19H31NO5S/c1-19(2,16-21)8-9-22-10-11-23-12-13-24-14-15-25-18-6-4-17(5-7-18)20-26-3/h4-7,16,20H,8-15H2,1-3H3. The highest BCUT2D eigenvalue weighted by atomic mass is 32.2. The summed E-state index contributed by atoms with van der Waals surface area (Å²) < 4.78 is 25.1. The second kappa shape index (κ2) is 13.9. The summed E-state index contributed by atoms with van der Waals surface area (Å²) in [6.45, 7) is 7.50. The normalized spacial score (nSPS) is 11.3. The van der Waals surface area contributed by atoms with E-state index in [1.165, 1.54) is 0 Å². The van der Waals surface area contributed by atoms with E-state index in [4.69, 9.17) is 18.9 Å². The van der Waals surface area contributed by atoms with Crippen molar-refractivity contribution in [3.8, 4) is 5.75 Å². The first-order valence-corrected chi connectivity index (χ1v) is 10.0. The van der Waals surface area contributed by atoms with Gasteiger partial charge in [0, 0.05) is 24.0 Å². The third kappa shape index (κ3) is 11.4. The maximum absolute atomic E-state index is 10.8. The minimum absolute atomic E-state index is 0.315. The molecule has 26 heavy (non-hydrogen) atoms. The SMILES string of the molecule is CSNc1ccc(OCCOCCOCCOCCC(C)(C)C=O)cc1. The molecule has 148 valence electrons. The zero-order valence-electron chi connectivity index (χ0n) is 16.0. The van der Waals surface area contributed by atoms with Crippen molar-refractivity contribution in [2.45, 2.75) is 20.3 Å². The van der Waals surface area contributed by atoms with Crippen LogP contribution in [0.25, 0.3) is 0 Å². The molecular weight excluding hydrogens is 354 g/mol. The van der Waals surface area contributed by atoms with E-state index in [1.54, 1.807) is 11.9 Å². The summed E-state index contributed by atoms with van der Waals surface area (Å²) >= 11 is 1.56. The Morgan fingerprint density at radius 3 is 2.00 bits per heavy atom. The highest BCUT2D eigenvalue weighted by molar-refractivity contribution is 7.99. The van der Waals surface area contributed by atoms with Crippen molar-refractivity contribution in [2.24, 2.45) is 5.41 Å². The molecule has 0 saturated heterocycles. The molecule has 0 radical (unpaired) electrons. The van der Waals surface area contributed by atoms with Gasteiger partial charge in [-0.3, -0.25) is 0 Å². The average Bonchev–Trinajstić information content (AvgIpc) is 2.64. The Kier molecular flexibility index (Phi) is 12.1. The lowest BCUT2D eigenvalue weighted by molar-refractivity contribution is -0.115. The molecule has 7 heteroatoms. The first-order valence-electron chi connectivity index (χ1n) is 8.79. The molecule has 0 saturated carbocycles. The molecule has 0 bridgehead atoms. The predicted molar refractivity (Wildman–Crippen MR) is 106 cm³/mol. The van der Waals surface area contributed by atoms with Crippen molar-refractivity contribution in [1.82, 2.24) is 0 Å². The molecule has 0 aliphatic heterocycles. The molecule has 0 atom stereocenters. The number of anilines is 1. The lowest BCUT2D eigenvalue weighted by atomic mass is 9.92. The summed E-state index contributed by atoms with van der Waals surface area (Å²) in [5.41, 5.74) is 0.735. The van der Waals surface area contributed by atoms with E-state index < -0.39 is 0 Å². The Hall–Kier alpha value is -1.28. The van der Waals surface area contributed by atoms with E-state index in [-0.39, 0.29) is 5.41 Å². The third-order valence-electron chi connectivity index (χ3n) is 3.52. The van der Waals surface area contributed by atoms with E-state index >= 15 is 0 Å². The number of carbonyl (C=O) groups is 1. The Labute approximate surface area is 161 Å². The second-order valence-corrected chi connectivity index (χ2v) is 6.98. The van der Waals surface area contributed by atoms with Gasteiger partial charge >= 0.3 is 0 Å². The largest absolute Gasteiger partial charge is 0.491 e. The summed E-state index contributed by atoms with van der Waals surface area (Å²) in [4.78, 5) is 10.8. The number of ether oxygens (including phenoxy) is 4. The summed E-state index contributed by atoms with van der Waals surface area (Å²) in [5, 5.41) is 0. The minimum Gasteiger partial charge on any atom is -0.491 e. The minimum atomic E-state index is -0.315. The van der Waals surface area contributed by atoms with Gasteiger partial charge in [0.25, 0.3) is 0 Å². The van der Waals surface area contributed by atoms with Gasteiger partial charge in [0.2, 0.25) is 0 Å². The highest BCUT2D eigenvalue weighted by Crippen LogP contribution is 2.17. The number of hydrogen-bond acceptors (Lipinski definition) is 7. The molecule has 1 rings (SSSR count). The zero-order chi connectivity index (χ0) is 19.1. The van der Waals surface area contributed by atoms with Gasteiger partial charge in [0.1, 0.15) is 18.6 Å². The van der Waals surface area contributed by atoms with Crippen LogP contribution in [0.1, 0.15) is 20.3 Å². The number of carbonyl (C=O) groups excluding carboxylic acids is 1.